The maximum Gasteiger partial charge on any atom is 0.329 e. The van der Waals surface area contributed by atoms with Gasteiger partial charge >= 0.3 is 5.97 Å². The third-order valence-corrected chi connectivity index (χ3v) is 4.40. The first-order valence-corrected chi connectivity index (χ1v) is 7.09. The fourth-order valence-electron chi connectivity index (χ4n) is 3.25. The molecule has 0 radical (unpaired) electrons. The molecule has 20 heavy (non-hydrogen) atoms. The molecule has 0 amide bonds. The molecular formula is C15H17N3O2. The van der Waals surface area contributed by atoms with E-state index >= 15 is 0 Å². The largest absolute Gasteiger partial charge is 0.480 e. The van der Waals surface area contributed by atoms with Crippen molar-refractivity contribution in [3.63, 3.8) is 0 Å². The Kier molecular flexibility index (Phi) is 3.09. The number of carbonyl (C=O) groups is 1. The number of carboxylic acid groups (broad SMARTS) is 1. The molecule has 1 aromatic heterocycles. The van der Waals surface area contributed by atoms with Crippen LogP contribution in [0.4, 0.5) is 5.82 Å². The topological polar surface area (TPSA) is 86.0 Å². The minimum atomic E-state index is -0.953. The molecule has 0 spiro atoms. The zero-order valence-corrected chi connectivity index (χ0v) is 11.3. The second-order valence-corrected chi connectivity index (χ2v) is 5.68. The van der Waals surface area contributed by atoms with E-state index in [1.807, 2.05) is 6.07 Å². The van der Waals surface area contributed by atoms with Crippen LogP contribution in [0.3, 0.4) is 0 Å². The number of fused-ring (bicyclic) bond motifs is 1. The molecule has 5 nitrogen and oxygen atoms in total. The van der Waals surface area contributed by atoms with Gasteiger partial charge in [-0.05, 0) is 43.7 Å². The van der Waals surface area contributed by atoms with Crippen LogP contribution in [0.5, 0.6) is 0 Å². The van der Waals surface area contributed by atoms with Crippen LogP contribution in [-0.2, 0) is 17.6 Å². The van der Waals surface area contributed by atoms with E-state index in [1.54, 1.807) is 0 Å². The maximum absolute atomic E-state index is 11.6. The van der Waals surface area contributed by atoms with Crippen molar-refractivity contribution in [1.82, 2.24) is 4.98 Å². The molecule has 1 fully saturated rings. The molecule has 0 saturated heterocycles. The van der Waals surface area contributed by atoms with Crippen LogP contribution < -0.4 is 5.32 Å². The molecule has 1 heterocycles. The quantitative estimate of drug-likeness (QED) is 0.880. The average Bonchev–Trinajstić information content (AvgIpc) is 3.07. The molecule has 1 saturated carbocycles. The summed E-state index contributed by atoms with van der Waals surface area (Å²) in [5.74, 6) is -0.404. The Bertz CT molecular complexity index is 598. The number of carboxylic acids is 1. The number of hydrogen-bond donors (Lipinski definition) is 2. The molecule has 5 heteroatoms. The number of anilines is 1. The molecule has 0 unspecified atom stereocenters. The monoisotopic (exact) mass is 271 g/mol. The number of aromatic nitrogens is 1. The lowest BCUT2D eigenvalue weighted by atomic mass is 9.97. The van der Waals surface area contributed by atoms with Crippen molar-refractivity contribution in [3.8, 4) is 6.07 Å². The maximum atomic E-state index is 11.6. The van der Waals surface area contributed by atoms with Gasteiger partial charge < -0.3 is 10.4 Å². The van der Waals surface area contributed by atoms with Crippen LogP contribution in [-0.4, -0.2) is 21.6 Å². The van der Waals surface area contributed by atoms with Gasteiger partial charge in [-0.25, -0.2) is 9.78 Å². The third-order valence-electron chi connectivity index (χ3n) is 4.40. The predicted octanol–water partition coefficient (Wildman–Crippen LogP) is 2.25. The van der Waals surface area contributed by atoms with E-state index in [0.29, 0.717) is 24.2 Å². The molecule has 1 aromatic rings. The van der Waals surface area contributed by atoms with Gasteiger partial charge in [0.15, 0.2) is 0 Å². The van der Waals surface area contributed by atoms with Gasteiger partial charge in [-0.3, -0.25) is 0 Å². The van der Waals surface area contributed by atoms with Gasteiger partial charge in [-0.2, -0.15) is 5.26 Å². The Morgan fingerprint density at radius 2 is 2.10 bits per heavy atom. The van der Waals surface area contributed by atoms with E-state index in [9.17, 15) is 15.2 Å². The number of nitriles is 1. The van der Waals surface area contributed by atoms with Crippen molar-refractivity contribution in [1.29, 1.82) is 5.26 Å². The average molecular weight is 271 g/mol. The SMILES string of the molecule is N#Cc1cc2c(nc1NC1(C(=O)O)CCCC1)CCC2. The van der Waals surface area contributed by atoms with Gasteiger partial charge in [-0.1, -0.05) is 12.8 Å². The highest BCUT2D eigenvalue weighted by atomic mass is 16.4. The first-order chi connectivity index (χ1) is 9.64. The molecule has 2 aliphatic rings. The number of nitrogens with one attached hydrogen (secondary N) is 1. The highest BCUT2D eigenvalue weighted by Gasteiger charge is 2.42. The number of rotatable bonds is 3. The molecule has 104 valence electrons. The van der Waals surface area contributed by atoms with E-state index in [-0.39, 0.29) is 0 Å². The lowest BCUT2D eigenvalue weighted by Gasteiger charge is -2.26. The summed E-state index contributed by atoms with van der Waals surface area (Å²) in [6.45, 7) is 0. The van der Waals surface area contributed by atoms with Crippen molar-refractivity contribution in [2.24, 2.45) is 0 Å². The zero-order valence-electron chi connectivity index (χ0n) is 11.3. The summed E-state index contributed by atoms with van der Waals surface area (Å²) in [5.41, 5.74) is 1.64. The first kappa shape index (κ1) is 12.9. The van der Waals surface area contributed by atoms with Crippen molar-refractivity contribution < 1.29 is 9.90 Å². The molecule has 2 aliphatic carbocycles. The van der Waals surface area contributed by atoms with E-state index in [4.69, 9.17) is 0 Å². The first-order valence-electron chi connectivity index (χ1n) is 7.09. The summed E-state index contributed by atoms with van der Waals surface area (Å²) in [7, 11) is 0. The minimum absolute atomic E-state index is 0.442. The predicted molar refractivity (Wildman–Crippen MR) is 73.4 cm³/mol. The third kappa shape index (κ3) is 2.01. The summed E-state index contributed by atoms with van der Waals surface area (Å²) in [6.07, 6.45) is 5.90. The normalized spacial score (nSPS) is 19.4. The molecule has 2 N–H and O–H groups in total. The number of aryl methyl sites for hydroxylation is 2. The fourth-order valence-corrected chi connectivity index (χ4v) is 3.25. The molecule has 0 aromatic carbocycles. The second kappa shape index (κ2) is 4.78. The number of pyridine rings is 1. The van der Waals surface area contributed by atoms with E-state index < -0.39 is 11.5 Å². The molecule has 0 bridgehead atoms. The van der Waals surface area contributed by atoms with Crippen LogP contribution in [0.25, 0.3) is 0 Å². The summed E-state index contributed by atoms with van der Waals surface area (Å²) in [5, 5.41) is 21.8. The molecule has 0 aliphatic heterocycles. The Hall–Kier alpha value is -2.09. The lowest BCUT2D eigenvalue weighted by molar-refractivity contribution is -0.142. The van der Waals surface area contributed by atoms with Gasteiger partial charge in [0.2, 0.25) is 0 Å². The van der Waals surface area contributed by atoms with Crippen molar-refractivity contribution >= 4 is 11.8 Å². The van der Waals surface area contributed by atoms with Crippen molar-refractivity contribution in [3.05, 3.63) is 22.9 Å². The van der Waals surface area contributed by atoms with E-state index in [2.05, 4.69) is 16.4 Å². The summed E-state index contributed by atoms with van der Waals surface area (Å²) >= 11 is 0. The lowest BCUT2D eigenvalue weighted by Crippen LogP contribution is -2.44. The standard InChI is InChI=1S/C15H17N3O2/c16-9-11-8-10-4-3-5-12(10)17-13(11)18-15(14(19)20)6-1-2-7-15/h8H,1-7H2,(H,17,18)(H,19,20). The number of hydrogen-bond acceptors (Lipinski definition) is 4. The molecular weight excluding hydrogens is 254 g/mol. The smallest absolute Gasteiger partial charge is 0.329 e. The van der Waals surface area contributed by atoms with Crippen LogP contribution in [0.1, 0.15) is 48.9 Å². The Morgan fingerprint density at radius 1 is 1.35 bits per heavy atom. The van der Waals surface area contributed by atoms with Gasteiger partial charge in [-0.15, -0.1) is 0 Å². The second-order valence-electron chi connectivity index (χ2n) is 5.68. The molecule has 0 atom stereocenters. The summed E-state index contributed by atoms with van der Waals surface area (Å²) in [6, 6.07) is 4.00. The minimum Gasteiger partial charge on any atom is -0.480 e. The fraction of sp³-hybridized carbons (Fsp3) is 0.533. The van der Waals surface area contributed by atoms with E-state index in [1.165, 1.54) is 0 Å². The zero-order chi connectivity index (χ0) is 14.2. The summed E-state index contributed by atoms with van der Waals surface area (Å²) < 4.78 is 0. The molecule has 3 rings (SSSR count). The Labute approximate surface area is 117 Å². The Morgan fingerprint density at radius 3 is 2.75 bits per heavy atom. The van der Waals surface area contributed by atoms with Crippen LogP contribution in [0, 0.1) is 11.3 Å². The highest BCUT2D eigenvalue weighted by Crippen LogP contribution is 2.35. The van der Waals surface area contributed by atoms with Crippen molar-refractivity contribution in [2.75, 3.05) is 5.32 Å². The van der Waals surface area contributed by atoms with Crippen LogP contribution in [0.2, 0.25) is 0 Å². The number of aliphatic carboxylic acids is 1. The van der Waals surface area contributed by atoms with Gasteiger partial charge in [0.25, 0.3) is 0 Å². The Balaban J connectivity index is 1.98. The van der Waals surface area contributed by atoms with Gasteiger partial charge in [0.1, 0.15) is 17.4 Å². The van der Waals surface area contributed by atoms with E-state index in [0.717, 1.165) is 43.4 Å². The summed E-state index contributed by atoms with van der Waals surface area (Å²) in [4.78, 5) is 16.1. The highest BCUT2D eigenvalue weighted by molar-refractivity contribution is 5.83. The van der Waals surface area contributed by atoms with Crippen LogP contribution in [0.15, 0.2) is 6.07 Å². The number of nitrogens with zero attached hydrogens (tertiary/aromatic N) is 2. The van der Waals surface area contributed by atoms with Gasteiger partial charge in [0, 0.05) is 5.69 Å². The van der Waals surface area contributed by atoms with Gasteiger partial charge in [0.05, 0.1) is 5.56 Å². The van der Waals surface area contributed by atoms with Crippen LogP contribution >= 0.6 is 0 Å². The van der Waals surface area contributed by atoms with Crippen molar-refractivity contribution in [2.45, 2.75) is 50.5 Å².